The lowest BCUT2D eigenvalue weighted by molar-refractivity contribution is 0.109. The van der Waals surface area contributed by atoms with Crippen molar-refractivity contribution in [3.8, 4) is 11.5 Å². The first-order valence-corrected chi connectivity index (χ1v) is 25.4. The summed E-state index contributed by atoms with van der Waals surface area (Å²) in [6.07, 6.45) is 2.18. The van der Waals surface area contributed by atoms with Gasteiger partial charge in [0.05, 0.1) is 64.6 Å². The molecule has 27 heteroatoms. The zero-order valence-electron chi connectivity index (χ0n) is 43.4. The number of halogens is 3. The van der Waals surface area contributed by atoms with Crippen molar-refractivity contribution in [3.63, 3.8) is 0 Å². The van der Waals surface area contributed by atoms with Crippen LogP contribution < -0.4 is 36.7 Å². The quantitative estimate of drug-likeness (QED) is 0.0382. The summed E-state index contributed by atoms with van der Waals surface area (Å²) in [5, 5.41) is 27.1. The molecular weight excluding hydrogens is 1060 g/mol. The predicted octanol–water partition coefficient (Wildman–Crippen LogP) is 5.03. The van der Waals surface area contributed by atoms with E-state index in [1.165, 1.54) is 12.1 Å². The molecule has 8 heterocycles. The molecule has 0 bridgehead atoms. The molecule has 0 atom stereocenters. The lowest BCUT2D eigenvalue weighted by Crippen LogP contribution is -2.37. The Labute approximate surface area is 462 Å². The number of hydrogen-bond acceptors (Lipinski definition) is 23. The van der Waals surface area contributed by atoms with Crippen LogP contribution in [0, 0.1) is 27.7 Å². The third-order valence-corrected chi connectivity index (χ3v) is 11.2. The van der Waals surface area contributed by atoms with Gasteiger partial charge in [-0.2, -0.15) is 5.10 Å². The number of nitrogen functional groups attached to an aromatic ring is 1. The molecule has 0 unspecified atom stereocenters. The second-order valence-electron chi connectivity index (χ2n) is 16.4. The molecule has 24 nitrogen and oxygen atoms in total. The van der Waals surface area contributed by atoms with Crippen LogP contribution in [-0.2, 0) is 18.9 Å². The van der Waals surface area contributed by atoms with E-state index < -0.39 is 0 Å². The molecule has 0 saturated carbocycles. The predicted molar refractivity (Wildman–Crippen MR) is 299 cm³/mol. The van der Waals surface area contributed by atoms with Crippen molar-refractivity contribution in [2.75, 3.05) is 131 Å². The lowest BCUT2D eigenvalue weighted by Gasteiger charge is -2.28. The number of hydrazine groups is 1. The minimum absolute atomic E-state index is 0. The van der Waals surface area contributed by atoms with E-state index in [0.717, 1.165) is 109 Å². The molecule has 0 amide bonds. The highest BCUT2D eigenvalue weighted by Gasteiger charge is 2.16. The average Bonchev–Trinajstić information content (AvgIpc) is 3.43. The van der Waals surface area contributed by atoms with Crippen molar-refractivity contribution in [2.45, 2.75) is 27.7 Å². The number of nitrogens with zero attached hydrogens (tertiary/aromatic N) is 12. The van der Waals surface area contributed by atoms with Crippen LogP contribution in [0.3, 0.4) is 0 Å². The summed E-state index contributed by atoms with van der Waals surface area (Å²) in [4.78, 5) is 49.8. The summed E-state index contributed by atoms with van der Waals surface area (Å²) < 4.78 is 20.9. The molecule has 4 saturated heterocycles. The fourth-order valence-electron chi connectivity index (χ4n) is 6.98. The van der Waals surface area contributed by atoms with Gasteiger partial charge < -0.3 is 60.1 Å². The monoisotopic (exact) mass is 1120 g/mol. The van der Waals surface area contributed by atoms with Crippen LogP contribution >= 0.6 is 34.8 Å². The fourth-order valence-corrected chi connectivity index (χ4v) is 7.71. The largest absolute Gasteiger partial charge is 0.507 e. The van der Waals surface area contributed by atoms with Crippen LogP contribution in [0.5, 0.6) is 11.5 Å². The number of carbonyl (C=O) groups is 1. The van der Waals surface area contributed by atoms with Crippen molar-refractivity contribution in [3.05, 3.63) is 123 Å². The highest BCUT2D eigenvalue weighted by atomic mass is 35.5. The molecule has 0 aliphatic carbocycles. The Bertz CT molecular complexity index is 2640. The van der Waals surface area contributed by atoms with Gasteiger partial charge in [-0.15, -0.1) is 0 Å². The van der Waals surface area contributed by atoms with E-state index in [-0.39, 0.29) is 17.0 Å². The molecule has 4 aliphatic rings. The first-order valence-electron chi connectivity index (χ1n) is 24.2. The van der Waals surface area contributed by atoms with E-state index in [4.69, 9.17) is 64.7 Å². The number of hydrogen-bond donors (Lipinski definition) is 6. The lowest BCUT2D eigenvalue weighted by atomic mass is 10.2. The summed E-state index contributed by atoms with van der Waals surface area (Å²) >= 11 is 16.9. The van der Waals surface area contributed by atoms with Crippen LogP contribution in [-0.4, -0.2) is 173 Å². The normalized spacial score (nSPS) is 14.9. The molecule has 2 aromatic carbocycles. The number of phenols is 2. The van der Waals surface area contributed by atoms with Crippen molar-refractivity contribution in [1.29, 1.82) is 0 Å². The van der Waals surface area contributed by atoms with Crippen molar-refractivity contribution >= 4 is 76.4 Å². The number of ether oxygens (including phenoxy) is 4. The number of aldehydes is 1. The van der Waals surface area contributed by atoms with Gasteiger partial charge in [-0.25, -0.2) is 45.7 Å². The maximum absolute atomic E-state index is 10.1. The first-order chi connectivity index (χ1) is 36.8. The van der Waals surface area contributed by atoms with E-state index in [0.29, 0.717) is 81.0 Å². The van der Waals surface area contributed by atoms with E-state index >= 15 is 0 Å². The zero-order chi connectivity index (χ0) is 54.5. The summed E-state index contributed by atoms with van der Waals surface area (Å²) in [6, 6.07) is 20.4. The van der Waals surface area contributed by atoms with Crippen LogP contribution in [0.25, 0.3) is 0 Å². The Hall–Kier alpha value is -6.71. The van der Waals surface area contributed by atoms with Gasteiger partial charge in [0.15, 0.2) is 12.1 Å². The van der Waals surface area contributed by atoms with Gasteiger partial charge in [0.2, 0.25) is 0 Å². The summed E-state index contributed by atoms with van der Waals surface area (Å²) in [5.74, 6) is 12.2. The highest BCUT2D eigenvalue weighted by Crippen LogP contribution is 2.20. The van der Waals surface area contributed by atoms with E-state index in [1.807, 2.05) is 39.0 Å². The molecule has 4 fully saturated rings. The van der Waals surface area contributed by atoms with Gasteiger partial charge in [-0.1, -0.05) is 59.1 Å². The Morgan fingerprint density at radius 1 is 0.545 bits per heavy atom. The molecule has 0 radical (unpaired) electrons. The number of phenolic OH excluding ortho intramolecular Hbond substituents is 2. The Kier molecular flexibility index (Phi) is 28.4. The van der Waals surface area contributed by atoms with Gasteiger partial charge in [0.25, 0.3) is 0 Å². The molecule has 4 aliphatic heterocycles. The van der Waals surface area contributed by atoms with Crippen LogP contribution in [0.1, 0.15) is 39.2 Å². The number of anilines is 5. The van der Waals surface area contributed by atoms with Crippen molar-refractivity contribution in [1.82, 2.24) is 45.2 Å². The van der Waals surface area contributed by atoms with E-state index in [2.05, 4.69) is 75.8 Å². The molecule has 0 spiro atoms. The first kappa shape index (κ1) is 62.8. The van der Waals surface area contributed by atoms with Crippen molar-refractivity contribution in [2.24, 2.45) is 10.9 Å². The minimum Gasteiger partial charge on any atom is -0.507 e. The number of rotatable bonds is 8. The Balaban J connectivity index is 0.000000209. The van der Waals surface area contributed by atoms with Gasteiger partial charge in [0.1, 0.15) is 73.5 Å². The number of aromatic nitrogens is 8. The maximum Gasteiger partial charge on any atom is 0.153 e. The summed E-state index contributed by atoms with van der Waals surface area (Å²) in [5.41, 5.74) is 6.40. The maximum atomic E-state index is 10.1. The number of carbonyl (C=O) groups excluding carboxylic acids is 1. The smallest absolute Gasteiger partial charge is 0.153 e. The number of nitrogens with one attached hydrogen (secondary N) is 3. The number of morpholine rings is 4. The van der Waals surface area contributed by atoms with E-state index in [1.54, 1.807) is 55.6 Å². The molecule has 77 heavy (non-hydrogen) atoms. The Morgan fingerprint density at radius 3 is 1.30 bits per heavy atom. The fraction of sp³-hybridized carbons (Fsp3) is 0.400. The van der Waals surface area contributed by atoms with Gasteiger partial charge in [0, 0.05) is 82.2 Å². The molecule has 10 rings (SSSR count). The molecule has 9 N–H and O–H groups in total. The Morgan fingerprint density at radius 2 is 0.922 bits per heavy atom. The zero-order valence-corrected chi connectivity index (χ0v) is 45.7. The molecule has 4 aromatic heterocycles. The number of aromatic hydroxyl groups is 2. The highest BCUT2D eigenvalue weighted by molar-refractivity contribution is 6.33. The molecule has 6 aromatic rings. The van der Waals surface area contributed by atoms with Gasteiger partial charge in [-0.05, 0) is 52.0 Å². The number of para-hydroxylation sites is 2. The van der Waals surface area contributed by atoms with Crippen LogP contribution in [0.15, 0.2) is 77.9 Å². The van der Waals surface area contributed by atoms with Gasteiger partial charge >= 0.3 is 0 Å². The standard InChI is InChI=1S/C16H19N5O2.C9H12ClN3O.C9H15N5O.C7H6O2.C5H4Cl2N2.C4H9NO.H2O/c1-12-18-15(10-16(19-12)21-6-8-23-9-7-21)20-17-11-13-4-2-3-5-14(13)22;1-7-11-8(10)6-9(12-7)13-2-4-14-5-3-13;1-7-11-8(13-10)6-9(12-7)14-2-4-15-5-3-14;8-5-6-3-1-2-4-7(6)9;1-3-8-4(6)2-5(7)9-3;1-3-6-4-2-5-1;/h2-5,10-11,22H,6-9H2,1H3,(H,18,19,20);6H,2-5H2,1H3;6H,2-5,10H2,1H3,(H,11,12,13);1-5,9H;2H,1H3;5H,1-4H2;1H2/b17-11+;;;;;;. The van der Waals surface area contributed by atoms with Crippen molar-refractivity contribution < 1.29 is 39.4 Å². The number of aryl methyl sites for hydroxylation is 4. The number of nitrogens with two attached hydrogens (primary N) is 1. The second-order valence-corrected chi connectivity index (χ2v) is 17.5. The minimum atomic E-state index is 0. The third-order valence-electron chi connectivity index (χ3n) is 10.6. The second kappa shape index (κ2) is 34.9. The van der Waals surface area contributed by atoms with Gasteiger partial charge in [-0.3, -0.25) is 10.2 Å². The third kappa shape index (κ3) is 23.6. The van der Waals surface area contributed by atoms with Crippen LogP contribution in [0.4, 0.5) is 29.1 Å². The number of benzene rings is 2. The summed E-state index contributed by atoms with van der Waals surface area (Å²) in [7, 11) is 0. The SMILES string of the molecule is C1COCCN1.Cc1nc(Cl)cc(Cl)n1.Cc1nc(Cl)cc(N2CCOCC2)n1.Cc1nc(N/N=C/c2ccccc2O)cc(N2CCOCC2)n1.Cc1nc(NN)cc(N2CCOCC2)n1.O.O=Cc1ccccc1O. The van der Waals surface area contributed by atoms with E-state index in [9.17, 15) is 9.90 Å². The number of hydrazone groups is 1. The topological polar surface area (TPSA) is 313 Å². The molecular formula is C50H67Cl3N16O8. The molecule has 416 valence electrons. The van der Waals surface area contributed by atoms with Crippen LogP contribution in [0.2, 0.25) is 15.5 Å². The average molecular weight is 1130 g/mol. The summed E-state index contributed by atoms with van der Waals surface area (Å²) in [6.45, 7) is 20.6.